The first-order valence-electron chi connectivity index (χ1n) is 7.63. The van der Waals surface area contributed by atoms with E-state index in [2.05, 4.69) is 54.7 Å². The third kappa shape index (κ3) is 2.64. The molecular weight excluding hydrogens is 242 g/mol. The third-order valence-corrected chi connectivity index (χ3v) is 4.37. The van der Waals surface area contributed by atoms with Crippen molar-refractivity contribution in [3.63, 3.8) is 0 Å². The van der Waals surface area contributed by atoms with Gasteiger partial charge >= 0.3 is 0 Å². The van der Waals surface area contributed by atoms with Gasteiger partial charge < -0.3 is 5.32 Å². The molecule has 0 fully saturated rings. The van der Waals surface area contributed by atoms with Crippen molar-refractivity contribution in [1.82, 2.24) is 5.32 Å². The highest BCUT2D eigenvalue weighted by molar-refractivity contribution is 5.40. The number of fused-ring (bicyclic) bond motifs is 1. The zero-order valence-electron chi connectivity index (χ0n) is 12.4. The Morgan fingerprint density at radius 3 is 2.40 bits per heavy atom. The van der Waals surface area contributed by atoms with Crippen molar-refractivity contribution < 1.29 is 0 Å². The summed E-state index contributed by atoms with van der Waals surface area (Å²) in [6, 6.07) is 16.1. The summed E-state index contributed by atoms with van der Waals surface area (Å²) < 4.78 is 0. The van der Waals surface area contributed by atoms with Crippen LogP contribution >= 0.6 is 0 Å². The average molecular weight is 265 g/mol. The Kier molecular flexibility index (Phi) is 3.88. The molecule has 0 bridgehead atoms. The van der Waals surface area contributed by atoms with E-state index in [9.17, 15) is 0 Å². The van der Waals surface area contributed by atoms with Gasteiger partial charge in [0.25, 0.3) is 0 Å². The quantitative estimate of drug-likeness (QED) is 0.877. The summed E-state index contributed by atoms with van der Waals surface area (Å²) in [6.45, 7) is 2.16. The Hall–Kier alpha value is -1.60. The Balaban J connectivity index is 1.97. The van der Waals surface area contributed by atoms with E-state index in [1.165, 1.54) is 42.4 Å². The average Bonchev–Trinajstić information content (AvgIpc) is 2.48. The first-order chi connectivity index (χ1) is 9.78. The first kappa shape index (κ1) is 13.4. The molecule has 1 heteroatoms. The monoisotopic (exact) mass is 265 g/mol. The first-order valence-corrected chi connectivity index (χ1v) is 7.63. The molecule has 0 spiro atoms. The van der Waals surface area contributed by atoms with Crippen LogP contribution in [0.2, 0.25) is 0 Å². The van der Waals surface area contributed by atoms with Crippen LogP contribution in [0.3, 0.4) is 0 Å². The minimum Gasteiger partial charge on any atom is -0.309 e. The van der Waals surface area contributed by atoms with Crippen molar-refractivity contribution in [3.8, 4) is 0 Å². The summed E-state index contributed by atoms with van der Waals surface area (Å²) >= 11 is 0. The van der Waals surface area contributed by atoms with Crippen molar-refractivity contribution in [3.05, 3.63) is 70.3 Å². The normalized spacial score (nSPS) is 15.7. The minimum absolute atomic E-state index is 0.294. The predicted octanol–water partition coefficient (Wildman–Crippen LogP) is 4.18. The maximum absolute atomic E-state index is 3.47. The van der Waals surface area contributed by atoms with Gasteiger partial charge in [-0.05, 0) is 61.9 Å². The Bertz CT molecular complexity index is 600. The molecular formula is C19H23N. The van der Waals surface area contributed by atoms with Crippen molar-refractivity contribution in [2.45, 2.75) is 38.6 Å². The number of benzene rings is 2. The molecule has 1 aliphatic rings. The molecule has 1 aliphatic carbocycles. The fourth-order valence-corrected chi connectivity index (χ4v) is 3.31. The van der Waals surface area contributed by atoms with Crippen LogP contribution in [0, 0.1) is 6.92 Å². The van der Waals surface area contributed by atoms with Crippen LogP contribution in [0.1, 0.15) is 46.7 Å². The van der Waals surface area contributed by atoms with E-state index >= 15 is 0 Å². The second-order valence-corrected chi connectivity index (χ2v) is 5.87. The highest BCUT2D eigenvalue weighted by atomic mass is 14.9. The molecule has 0 amide bonds. The third-order valence-electron chi connectivity index (χ3n) is 4.37. The van der Waals surface area contributed by atoms with Gasteiger partial charge in [0.2, 0.25) is 0 Å². The van der Waals surface area contributed by atoms with E-state index in [1.54, 1.807) is 11.1 Å². The van der Waals surface area contributed by atoms with Crippen molar-refractivity contribution >= 4 is 0 Å². The van der Waals surface area contributed by atoms with Gasteiger partial charge in [-0.2, -0.15) is 0 Å². The fraction of sp³-hybridized carbons (Fsp3) is 0.368. The van der Waals surface area contributed by atoms with Gasteiger partial charge in [-0.15, -0.1) is 0 Å². The van der Waals surface area contributed by atoms with E-state index in [-0.39, 0.29) is 0 Å². The molecule has 3 rings (SSSR count). The molecule has 0 heterocycles. The van der Waals surface area contributed by atoms with Gasteiger partial charge in [-0.1, -0.05) is 48.0 Å². The Morgan fingerprint density at radius 1 is 0.900 bits per heavy atom. The van der Waals surface area contributed by atoms with Crippen LogP contribution in [0.4, 0.5) is 0 Å². The molecule has 2 aromatic carbocycles. The number of hydrogen-bond donors (Lipinski definition) is 1. The highest BCUT2D eigenvalue weighted by Gasteiger charge is 2.15. The van der Waals surface area contributed by atoms with Gasteiger partial charge in [-0.3, -0.25) is 0 Å². The van der Waals surface area contributed by atoms with Crippen LogP contribution in [0.5, 0.6) is 0 Å². The molecule has 0 saturated heterocycles. The van der Waals surface area contributed by atoms with Crippen molar-refractivity contribution in [2.24, 2.45) is 0 Å². The lowest BCUT2D eigenvalue weighted by atomic mass is 9.88. The number of nitrogens with one attached hydrogen (secondary N) is 1. The van der Waals surface area contributed by atoms with E-state index in [0.29, 0.717) is 6.04 Å². The lowest BCUT2D eigenvalue weighted by Gasteiger charge is -2.22. The Morgan fingerprint density at radius 2 is 1.65 bits per heavy atom. The van der Waals surface area contributed by atoms with Gasteiger partial charge in [0.05, 0.1) is 6.04 Å². The van der Waals surface area contributed by atoms with E-state index in [1.807, 2.05) is 7.05 Å². The summed E-state index contributed by atoms with van der Waals surface area (Å²) in [5.74, 6) is 0. The summed E-state index contributed by atoms with van der Waals surface area (Å²) in [4.78, 5) is 0. The molecule has 104 valence electrons. The van der Waals surface area contributed by atoms with E-state index in [0.717, 1.165) is 0 Å². The fourth-order valence-electron chi connectivity index (χ4n) is 3.31. The van der Waals surface area contributed by atoms with Crippen LogP contribution in [0.25, 0.3) is 0 Å². The molecule has 1 unspecified atom stereocenters. The lowest BCUT2D eigenvalue weighted by molar-refractivity contribution is 0.667. The maximum atomic E-state index is 3.47. The second kappa shape index (κ2) is 5.80. The zero-order valence-corrected chi connectivity index (χ0v) is 12.4. The molecule has 1 nitrogen and oxygen atoms in total. The minimum atomic E-state index is 0.294. The molecule has 0 radical (unpaired) electrons. The molecule has 0 saturated carbocycles. The van der Waals surface area contributed by atoms with Gasteiger partial charge in [0, 0.05) is 0 Å². The van der Waals surface area contributed by atoms with Gasteiger partial charge in [0.1, 0.15) is 0 Å². The van der Waals surface area contributed by atoms with Crippen molar-refractivity contribution in [1.29, 1.82) is 0 Å². The van der Waals surface area contributed by atoms with Gasteiger partial charge in [-0.25, -0.2) is 0 Å². The summed E-state index contributed by atoms with van der Waals surface area (Å²) in [7, 11) is 2.05. The summed E-state index contributed by atoms with van der Waals surface area (Å²) in [5, 5.41) is 3.47. The molecule has 0 aromatic heterocycles. The topological polar surface area (TPSA) is 12.0 Å². The van der Waals surface area contributed by atoms with E-state index < -0.39 is 0 Å². The molecule has 1 atom stereocenters. The maximum Gasteiger partial charge on any atom is 0.0574 e. The standard InChI is InChI=1S/C19H23N/c1-14-6-5-9-17(12-14)19(20-2)18-11-10-15-7-3-4-8-16(15)13-18/h5-6,9-13,19-20H,3-4,7-8H2,1-2H3. The summed E-state index contributed by atoms with van der Waals surface area (Å²) in [5.41, 5.74) is 7.17. The number of hydrogen-bond acceptors (Lipinski definition) is 1. The van der Waals surface area contributed by atoms with Gasteiger partial charge in [0.15, 0.2) is 0 Å². The number of rotatable bonds is 3. The molecule has 1 N–H and O–H groups in total. The SMILES string of the molecule is CNC(c1cccc(C)c1)c1ccc2c(c1)CCCC2. The van der Waals surface area contributed by atoms with Crippen LogP contribution in [-0.2, 0) is 12.8 Å². The Labute approximate surface area is 122 Å². The second-order valence-electron chi connectivity index (χ2n) is 5.87. The molecule has 0 aliphatic heterocycles. The van der Waals surface area contributed by atoms with Crippen LogP contribution in [-0.4, -0.2) is 7.05 Å². The number of aryl methyl sites for hydroxylation is 3. The van der Waals surface area contributed by atoms with E-state index in [4.69, 9.17) is 0 Å². The molecule has 20 heavy (non-hydrogen) atoms. The molecule has 2 aromatic rings. The predicted molar refractivity (Wildman–Crippen MR) is 85.2 cm³/mol. The van der Waals surface area contributed by atoms with Crippen LogP contribution < -0.4 is 5.32 Å². The van der Waals surface area contributed by atoms with Crippen LogP contribution in [0.15, 0.2) is 42.5 Å². The largest absolute Gasteiger partial charge is 0.309 e. The smallest absolute Gasteiger partial charge is 0.0574 e. The summed E-state index contributed by atoms with van der Waals surface area (Å²) in [6.07, 6.45) is 5.18. The zero-order chi connectivity index (χ0) is 13.9. The van der Waals surface area contributed by atoms with Crippen molar-refractivity contribution in [2.75, 3.05) is 7.05 Å². The lowest BCUT2D eigenvalue weighted by Crippen LogP contribution is -2.18. The highest BCUT2D eigenvalue weighted by Crippen LogP contribution is 2.28.